The summed E-state index contributed by atoms with van der Waals surface area (Å²) in [5.41, 5.74) is 5.76. The number of aliphatic carboxylic acids is 1. The minimum atomic E-state index is -1.31. The molecule has 0 bridgehead atoms. The zero-order chi connectivity index (χ0) is 23.3. The molecule has 4 atom stereocenters. The first-order chi connectivity index (χ1) is 14.5. The maximum atomic E-state index is 13.8. The maximum Gasteiger partial charge on any atom is 0.326 e. The fraction of sp³-hybridized carbons (Fsp3) is 0.550. The van der Waals surface area contributed by atoms with Crippen LogP contribution in [0.2, 0.25) is 0 Å². The predicted molar refractivity (Wildman–Crippen MR) is 110 cm³/mol. The van der Waals surface area contributed by atoms with Crippen molar-refractivity contribution in [3.05, 3.63) is 35.1 Å². The number of nitrogens with zero attached hydrogens (tertiary/aromatic N) is 1. The van der Waals surface area contributed by atoms with Crippen LogP contribution in [0.5, 0.6) is 0 Å². The number of benzene rings is 1. The third-order valence-electron chi connectivity index (χ3n) is 5.22. The summed E-state index contributed by atoms with van der Waals surface area (Å²) in [5, 5.41) is 11.0. The Labute approximate surface area is 182 Å². The highest BCUT2D eigenvalue weighted by molar-refractivity contribution is 8.00. The molecule has 0 spiro atoms. The lowest BCUT2D eigenvalue weighted by molar-refractivity contribution is -0.144. The van der Waals surface area contributed by atoms with Gasteiger partial charge in [0.15, 0.2) is 17.0 Å². The second kappa shape index (κ2) is 10.9. The summed E-state index contributed by atoms with van der Waals surface area (Å²) in [6.45, 7) is 3.79. The number of carbonyl (C=O) groups excluding carboxylic acids is 2. The van der Waals surface area contributed by atoms with Gasteiger partial charge < -0.3 is 21.1 Å². The van der Waals surface area contributed by atoms with Crippen LogP contribution in [0.1, 0.15) is 32.3 Å². The van der Waals surface area contributed by atoms with Gasteiger partial charge in [0.05, 0.1) is 0 Å². The van der Waals surface area contributed by atoms with E-state index in [2.05, 4.69) is 5.32 Å². The van der Waals surface area contributed by atoms with E-state index >= 15 is 0 Å². The molecule has 0 radical (unpaired) electrons. The summed E-state index contributed by atoms with van der Waals surface area (Å²) in [4.78, 5) is 38.1. The normalized spacial score (nSPS) is 19.0. The zero-order valence-electron chi connectivity index (χ0n) is 17.2. The van der Waals surface area contributed by atoms with Gasteiger partial charge in [-0.05, 0) is 24.0 Å². The fourth-order valence-electron chi connectivity index (χ4n) is 3.27. The average Bonchev–Trinajstić information content (AvgIpc) is 3.19. The van der Waals surface area contributed by atoms with Crippen LogP contribution in [0.4, 0.5) is 13.2 Å². The SMILES string of the molecule is CCC(C)C(NC(=O)C1SCCN1C(=O)C[C@H](N)Cc1cc(F)c(F)cc1F)C(=O)O. The van der Waals surface area contributed by atoms with Gasteiger partial charge in [0.1, 0.15) is 11.9 Å². The van der Waals surface area contributed by atoms with E-state index in [1.165, 1.54) is 16.7 Å². The maximum absolute atomic E-state index is 13.8. The molecule has 0 saturated carbocycles. The molecule has 1 aromatic carbocycles. The zero-order valence-corrected chi connectivity index (χ0v) is 18.1. The van der Waals surface area contributed by atoms with Crippen LogP contribution in [-0.2, 0) is 20.8 Å². The Morgan fingerprint density at radius 2 is 1.90 bits per heavy atom. The van der Waals surface area contributed by atoms with Crippen LogP contribution in [0.3, 0.4) is 0 Å². The van der Waals surface area contributed by atoms with Gasteiger partial charge in [0, 0.05) is 30.8 Å². The molecule has 3 unspecified atom stereocenters. The van der Waals surface area contributed by atoms with E-state index < -0.39 is 52.7 Å². The van der Waals surface area contributed by atoms with Gasteiger partial charge in [0.25, 0.3) is 5.91 Å². The molecule has 1 aliphatic heterocycles. The van der Waals surface area contributed by atoms with Crippen molar-refractivity contribution >= 4 is 29.5 Å². The summed E-state index contributed by atoms with van der Waals surface area (Å²) >= 11 is 1.21. The van der Waals surface area contributed by atoms with E-state index in [9.17, 15) is 32.7 Å². The molecule has 1 aromatic rings. The molecule has 1 fully saturated rings. The van der Waals surface area contributed by atoms with Gasteiger partial charge >= 0.3 is 5.97 Å². The van der Waals surface area contributed by atoms with Crippen LogP contribution in [-0.4, -0.2) is 57.5 Å². The summed E-state index contributed by atoms with van der Waals surface area (Å²) in [5.74, 6) is -5.49. The minimum Gasteiger partial charge on any atom is -0.480 e. The number of nitrogens with two attached hydrogens (primary N) is 1. The number of carbonyl (C=O) groups is 3. The molecule has 1 saturated heterocycles. The molecule has 2 amide bonds. The third kappa shape index (κ3) is 6.36. The van der Waals surface area contributed by atoms with Crippen molar-refractivity contribution in [2.75, 3.05) is 12.3 Å². The average molecular weight is 462 g/mol. The second-order valence-corrected chi connectivity index (χ2v) is 8.73. The van der Waals surface area contributed by atoms with Crippen molar-refractivity contribution in [3.8, 4) is 0 Å². The first kappa shape index (κ1) is 25.0. The Bertz CT molecular complexity index is 842. The van der Waals surface area contributed by atoms with Crippen LogP contribution < -0.4 is 11.1 Å². The molecule has 1 heterocycles. The van der Waals surface area contributed by atoms with Gasteiger partial charge in [-0.2, -0.15) is 0 Å². The van der Waals surface area contributed by atoms with Crippen molar-refractivity contribution in [3.63, 3.8) is 0 Å². The van der Waals surface area contributed by atoms with Crippen molar-refractivity contribution in [2.24, 2.45) is 11.7 Å². The highest BCUT2D eigenvalue weighted by Gasteiger charge is 2.37. The van der Waals surface area contributed by atoms with Crippen molar-refractivity contribution in [2.45, 2.75) is 50.6 Å². The monoisotopic (exact) mass is 461 g/mol. The van der Waals surface area contributed by atoms with Gasteiger partial charge in [-0.3, -0.25) is 9.59 Å². The Hall–Kier alpha value is -2.27. The summed E-state index contributed by atoms with van der Waals surface area (Å²) in [6.07, 6.45) is 0.116. The predicted octanol–water partition coefficient (Wildman–Crippen LogP) is 1.88. The Kier molecular flexibility index (Phi) is 8.75. The molecule has 7 nitrogen and oxygen atoms in total. The number of halogens is 3. The van der Waals surface area contributed by atoms with E-state index in [4.69, 9.17) is 5.73 Å². The smallest absolute Gasteiger partial charge is 0.326 e. The topological polar surface area (TPSA) is 113 Å². The molecule has 31 heavy (non-hydrogen) atoms. The van der Waals surface area contributed by atoms with Crippen LogP contribution in [0.25, 0.3) is 0 Å². The Morgan fingerprint density at radius 1 is 1.26 bits per heavy atom. The number of rotatable bonds is 9. The van der Waals surface area contributed by atoms with Crippen molar-refractivity contribution in [1.29, 1.82) is 0 Å². The first-order valence-corrected chi connectivity index (χ1v) is 10.9. The number of thioether (sulfide) groups is 1. The summed E-state index contributed by atoms with van der Waals surface area (Å²) < 4.78 is 40.2. The molecule has 1 aliphatic rings. The molecule has 0 aliphatic carbocycles. The second-order valence-electron chi connectivity index (χ2n) is 7.55. The lowest BCUT2D eigenvalue weighted by Crippen LogP contribution is -2.52. The molecule has 2 rings (SSSR count). The Balaban J connectivity index is 2.01. The van der Waals surface area contributed by atoms with E-state index in [1.54, 1.807) is 6.92 Å². The molecule has 0 aromatic heterocycles. The molecular formula is C20H26F3N3O4S. The summed E-state index contributed by atoms with van der Waals surface area (Å²) in [7, 11) is 0. The van der Waals surface area contributed by atoms with Crippen molar-refractivity contribution < 1.29 is 32.7 Å². The van der Waals surface area contributed by atoms with Gasteiger partial charge in [0.2, 0.25) is 5.91 Å². The quantitative estimate of drug-likeness (QED) is 0.484. The van der Waals surface area contributed by atoms with Gasteiger partial charge in [-0.25, -0.2) is 18.0 Å². The highest BCUT2D eigenvalue weighted by Crippen LogP contribution is 2.26. The number of amides is 2. The van der Waals surface area contributed by atoms with E-state index in [0.717, 1.165) is 0 Å². The first-order valence-electron chi connectivity index (χ1n) is 9.88. The number of nitrogens with one attached hydrogen (secondary N) is 1. The van der Waals surface area contributed by atoms with Crippen molar-refractivity contribution in [1.82, 2.24) is 10.2 Å². The lowest BCUT2D eigenvalue weighted by atomic mass is 9.99. The molecule has 172 valence electrons. The number of hydrogen-bond acceptors (Lipinski definition) is 5. The van der Waals surface area contributed by atoms with Crippen LogP contribution in [0.15, 0.2) is 12.1 Å². The van der Waals surface area contributed by atoms with E-state index in [-0.39, 0.29) is 30.9 Å². The fourth-order valence-corrected chi connectivity index (χ4v) is 4.41. The largest absolute Gasteiger partial charge is 0.480 e. The highest BCUT2D eigenvalue weighted by atomic mass is 32.2. The standard InChI is InChI=1S/C20H26F3N3O4S/c1-3-10(2)17(20(29)30)25-18(28)19-26(4-5-31-19)16(27)8-12(24)6-11-7-14(22)15(23)9-13(11)21/h7,9-10,12,17,19H,3-6,8,24H2,1-2H3,(H,25,28)(H,29,30)/t10?,12-,17?,19?/m1/s1. The minimum absolute atomic E-state index is 0.151. The number of carboxylic acid groups (broad SMARTS) is 1. The van der Waals surface area contributed by atoms with E-state index in [0.29, 0.717) is 24.3 Å². The lowest BCUT2D eigenvalue weighted by Gasteiger charge is -2.27. The van der Waals surface area contributed by atoms with E-state index in [1.807, 2.05) is 6.92 Å². The number of hydrogen-bond donors (Lipinski definition) is 3. The van der Waals surface area contributed by atoms with Gasteiger partial charge in [-0.15, -0.1) is 11.8 Å². The van der Waals surface area contributed by atoms with Gasteiger partial charge in [-0.1, -0.05) is 20.3 Å². The number of carboxylic acids is 1. The Morgan fingerprint density at radius 3 is 2.52 bits per heavy atom. The molecule has 4 N–H and O–H groups in total. The van der Waals surface area contributed by atoms with Crippen LogP contribution in [0, 0.1) is 23.4 Å². The summed E-state index contributed by atoms with van der Waals surface area (Å²) in [6, 6.07) is -0.826. The molecule has 11 heteroatoms. The van der Waals surface area contributed by atoms with Crippen LogP contribution >= 0.6 is 11.8 Å². The molecular weight excluding hydrogens is 435 g/mol. The third-order valence-corrected chi connectivity index (χ3v) is 6.42.